The molecule has 9 aromatic carbocycles. The standard InChI is InChI=1S/C55H35N5/c1-4-15-36(16-5-1)37-27-29-39(30-28-37)54-56-53(38-17-6-2-7-18-38)57-55(58-54)41-31-32-43-40(35-41)19-14-26-46(43)60-48-25-13-11-23-45(48)52-50(60)34-33-49-51(52)44-22-10-12-24-47(44)59(49)42-20-8-3-9-21-42/h1-35H. The molecule has 3 aromatic heterocycles. The van der Waals surface area contributed by atoms with Crippen LogP contribution in [0.25, 0.3) is 111 Å². The van der Waals surface area contributed by atoms with Gasteiger partial charge in [-0.05, 0) is 65.0 Å². The van der Waals surface area contributed by atoms with Gasteiger partial charge < -0.3 is 9.13 Å². The van der Waals surface area contributed by atoms with Crippen LogP contribution in [0, 0.1) is 0 Å². The monoisotopic (exact) mass is 765 g/mol. The van der Waals surface area contributed by atoms with Crippen molar-refractivity contribution in [2.75, 3.05) is 0 Å². The largest absolute Gasteiger partial charge is 0.309 e. The van der Waals surface area contributed by atoms with Crippen LogP contribution in [0.4, 0.5) is 0 Å². The molecule has 0 atom stereocenters. The Morgan fingerprint density at radius 1 is 0.283 bits per heavy atom. The smallest absolute Gasteiger partial charge is 0.164 e. The average Bonchev–Trinajstić information content (AvgIpc) is 3.85. The normalized spacial score (nSPS) is 11.7. The highest BCUT2D eigenvalue weighted by Crippen LogP contribution is 2.43. The van der Waals surface area contributed by atoms with Crippen LogP contribution >= 0.6 is 0 Å². The molecule has 12 rings (SSSR count). The van der Waals surface area contributed by atoms with E-state index in [-0.39, 0.29) is 0 Å². The molecule has 0 spiro atoms. The molecule has 0 N–H and O–H groups in total. The molecular formula is C55H35N5. The summed E-state index contributed by atoms with van der Waals surface area (Å²) in [5.41, 5.74) is 12.1. The summed E-state index contributed by atoms with van der Waals surface area (Å²) in [6.45, 7) is 0. The molecule has 0 aliphatic heterocycles. The Bertz CT molecular complexity index is 3570. The first-order valence-corrected chi connectivity index (χ1v) is 20.3. The fourth-order valence-electron chi connectivity index (χ4n) is 9.03. The molecule has 0 bridgehead atoms. The van der Waals surface area contributed by atoms with Gasteiger partial charge in [0.2, 0.25) is 0 Å². The van der Waals surface area contributed by atoms with E-state index < -0.39 is 0 Å². The first kappa shape index (κ1) is 33.9. The van der Waals surface area contributed by atoms with Gasteiger partial charge in [0.05, 0.1) is 27.8 Å². The molecule has 3 heterocycles. The van der Waals surface area contributed by atoms with Gasteiger partial charge in [-0.1, -0.05) is 164 Å². The molecule has 0 aliphatic rings. The van der Waals surface area contributed by atoms with Gasteiger partial charge in [-0.15, -0.1) is 0 Å². The summed E-state index contributed by atoms with van der Waals surface area (Å²) in [5, 5.41) is 7.24. The van der Waals surface area contributed by atoms with Crippen molar-refractivity contribution in [2.45, 2.75) is 0 Å². The Labute approximate surface area is 346 Å². The highest BCUT2D eigenvalue weighted by Gasteiger charge is 2.21. The van der Waals surface area contributed by atoms with Gasteiger partial charge in [-0.25, -0.2) is 15.0 Å². The van der Waals surface area contributed by atoms with Crippen LogP contribution in [0.15, 0.2) is 212 Å². The van der Waals surface area contributed by atoms with E-state index in [0.29, 0.717) is 17.5 Å². The van der Waals surface area contributed by atoms with E-state index in [4.69, 9.17) is 15.0 Å². The number of rotatable bonds is 6. The molecule has 12 aromatic rings. The molecule has 0 fully saturated rings. The maximum absolute atomic E-state index is 5.11. The number of fused-ring (bicyclic) bond motifs is 8. The van der Waals surface area contributed by atoms with Gasteiger partial charge in [0, 0.05) is 49.3 Å². The lowest BCUT2D eigenvalue weighted by atomic mass is 10.0. The minimum Gasteiger partial charge on any atom is -0.309 e. The highest BCUT2D eigenvalue weighted by atomic mass is 15.0. The topological polar surface area (TPSA) is 48.5 Å². The quantitative estimate of drug-likeness (QED) is 0.169. The lowest BCUT2D eigenvalue weighted by Gasteiger charge is -2.13. The molecule has 0 saturated carbocycles. The van der Waals surface area contributed by atoms with Crippen molar-refractivity contribution < 1.29 is 0 Å². The summed E-state index contributed by atoms with van der Waals surface area (Å²) in [6, 6.07) is 75.0. The van der Waals surface area contributed by atoms with Gasteiger partial charge in [0.25, 0.3) is 0 Å². The van der Waals surface area contributed by atoms with Gasteiger partial charge in [0.1, 0.15) is 0 Å². The summed E-state index contributed by atoms with van der Waals surface area (Å²) in [4.78, 5) is 15.2. The van der Waals surface area contributed by atoms with E-state index in [1.165, 1.54) is 49.2 Å². The summed E-state index contributed by atoms with van der Waals surface area (Å²) in [5.74, 6) is 1.91. The van der Waals surface area contributed by atoms with Crippen molar-refractivity contribution in [3.63, 3.8) is 0 Å². The van der Waals surface area contributed by atoms with Crippen molar-refractivity contribution in [2.24, 2.45) is 0 Å². The number of para-hydroxylation sites is 3. The summed E-state index contributed by atoms with van der Waals surface area (Å²) in [7, 11) is 0. The number of nitrogens with zero attached hydrogens (tertiary/aromatic N) is 5. The maximum atomic E-state index is 5.11. The average molecular weight is 766 g/mol. The molecule has 280 valence electrons. The van der Waals surface area contributed by atoms with Crippen LogP contribution in [-0.2, 0) is 0 Å². The number of hydrogen-bond donors (Lipinski definition) is 0. The maximum Gasteiger partial charge on any atom is 0.164 e. The summed E-state index contributed by atoms with van der Waals surface area (Å²) >= 11 is 0. The van der Waals surface area contributed by atoms with Gasteiger partial charge >= 0.3 is 0 Å². The fraction of sp³-hybridized carbons (Fsp3) is 0. The minimum absolute atomic E-state index is 0.632. The minimum atomic E-state index is 0.632. The fourth-order valence-corrected chi connectivity index (χ4v) is 9.03. The Balaban J connectivity index is 1.03. The highest BCUT2D eigenvalue weighted by molar-refractivity contribution is 6.29. The van der Waals surface area contributed by atoms with Gasteiger partial charge in [-0.2, -0.15) is 0 Å². The van der Waals surface area contributed by atoms with E-state index >= 15 is 0 Å². The van der Waals surface area contributed by atoms with Crippen LogP contribution in [0.5, 0.6) is 0 Å². The Hall–Kier alpha value is -8.15. The van der Waals surface area contributed by atoms with Crippen molar-refractivity contribution in [1.82, 2.24) is 24.1 Å². The number of aromatic nitrogens is 5. The van der Waals surface area contributed by atoms with Crippen LogP contribution < -0.4 is 0 Å². The number of benzene rings is 9. The van der Waals surface area contributed by atoms with E-state index in [1.807, 2.05) is 36.4 Å². The van der Waals surface area contributed by atoms with Crippen LogP contribution in [-0.4, -0.2) is 24.1 Å². The zero-order chi connectivity index (χ0) is 39.6. The van der Waals surface area contributed by atoms with Crippen molar-refractivity contribution in [3.05, 3.63) is 212 Å². The third-order valence-electron chi connectivity index (χ3n) is 11.8. The van der Waals surface area contributed by atoms with E-state index in [1.54, 1.807) is 0 Å². The van der Waals surface area contributed by atoms with E-state index in [0.717, 1.165) is 44.4 Å². The Morgan fingerprint density at radius 3 is 1.40 bits per heavy atom. The van der Waals surface area contributed by atoms with Crippen LogP contribution in [0.2, 0.25) is 0 Å². The molecule has 60 heavy (non-hydrogen) atoms. The molecule has 5 nitrogen and oxygen atoms in total. The molecule has 5 heteroatoms. The second-order valence-electron chi connectivity index (χ2n) is 15.2. The second-order valence-corrected chi connectivity index (χ2v) is 15.2. The molecule has 0 radical (unpaired) electrons. The Kier molecular flexibility index (Phi) is 7.78. The van der Waals surface area contributed by atoms with Crippen molar-refractivity contribution in [1.29, 1.82) is 0 Å². The van der Waals surface area contributed by atoms with E-state index in [2.05, 4.69) is 185 Å². The molecule has 0 unspecified atom stereocenters. The molecular weight excluding hydrogens is 731 g/mol. The predicted molar refractivity (Wildman–Crippen MR) is 248 cm³/mol. The summed E-state index contributed by atoms with van der Waals surface area (Å²) in [6.07, 6.45) is 0. The zero-order valence-corrected chi connectivity index (χ0v) is 32.4. The SMILES string of the molecule is c1ccc(-c2ccc(-c3nc(-c4ccccc4)nc(-c4ccc5c(-n6c7ccccc7c7c8c9ccccc9n(-c9ccccc9)c8ccc76)cccc5c4)n3)cc2)cc1. The van der Waals surface area contributed by atoms with Gasteiger partial charge in [0.15, 0.2) is 17.5 Å². The number of hydrogen-bond acceptors (Lipinski definition) is 3. The van der Waals surface area contributed by atoms with Crippen LogP contribution in [0.1, 0.15) is 0 Å². The molecule has 0 saturated heterocycles. The third-order valence-corrected chi connectivity index (χ3v) is 11.8. The molecule has 0 amide bonds. The first-order valence-electron chi connectivity index (χ1n) is 20.3. The van der Waals surface area contributed by atoms with E-state index in [9.17, 15) is 0 Å². The van der Waals surface area contributed by atoms with Gasteiger partial charge in [-0.3, -0.25) is 0 Å². The zero-order valence-electron chi connectivity index (χ0n) is 32.4. The lowest BCUT2D eigenvalue weighted by molar-refractivity contribution is 1.07. The second kappa shape index (κ2) is 13.8. The summed E-state index contributed by atoms with van der Waals surface area (Å²) < 4.78 is 4.83. The Morgan fingerprint density at radius 2 is 0.750 bits per heavy atom. The molecule has 0 aliphatic carbocycles. The lowest BCUT2D eigenvalue weighted by Crippen LogP contribution is -2.00. The van der Waals surface area contributed by atoms with Crippen molar-refractivity contribution >= 4 is 54.4 Å². The predicted octanol–water partition coefficient (Wildman–Crippen LogP) is 13.9. The first-order chi connectivity index (χ1) is 29.8. The third kappa shape index (κ3) is 5.44. The van der Waals surface area contributed by atoms with Crippen LogP contribution in [0.3, 0.4) is 0 Å². The van der Waals surface area contributed by atoms with Crippen molar-refractivity contribution in [3.8, 4) is 56.7 Å².